The van der Waals surface area contributed by atoms with E-state index in [0.717, 1.165) is 61.4 Å². The first-order chi connectivity index (χ1) is 11.6. The Morgan fingerprint density at radius 2 is 2.08 bits per heavy atom. The molecule has 1 N–H and O–H groups in total. The molecule has 6 nitrogen and oxygen atoms in total. The SMILES string of the molecule is CC(C)(CO)CCCn1cncc1-c1cnc(N2CCOCC2)s1. The highest BCUT2D eigenvalue weighted by Gasteiger charge is 2.18. The Labute approximate surface area is 147 Å². The highest BCUT2D eigenvalue weighted by Crippen LogP contribution is 2.32. The summed E-state index contributed by atoms with van der Waals surface area (Å²) in [5, 5.41) is 10.4. The van der Waals surface area contributed by atoms with E-state index >= 15 is 0 Å². The van der Waals surface area contributed by atoms with Gasteiger partial charge in [-0.25, -0.2) is 9.97 Å². The van der Waals surface area contributed by atoms with E-state index in [2.05, 4.69) is 33.3 Å². The Morgan fingerprint density at radius 3 is 2.83 bits per heavy atom. The maximum Gasteiger partial charge on any atom is 0.186 e. The first kappa shape index (κ1) is 17.4. The van der Waals surface area contributed by atoms with E-state index in [9.17, 15) is 5.11 Å². The molecule has 132 valence electrons. The normalized spacial score (nSPS) is 15.9. The Morgan fingerprint density at radius 1 is 1.29 bits per heavy atom. The first-order valence-corrected chi connectivity index (χ1v) is 9.31. The quantitative estimate of drug-likeness (QED) is 0.832. The number of rotatable bonds is 7. The zero-order chi connectivity index (χ0) is 17.0. The maximum atomic E-state index is 9.37. The third-order valence-corrected chi connectivity index (χ3v) is 5.50. The molecule has 0 bridgehead atoms. The molecule has 0 spiro atoms. The van der Waals surface area contributed by atoms with Crippen molar-refractivity contribution in [1.82, 2.24) is 14.5 Å². The highest BCUT2D eigenvalue weighted by atomic mass is 32.1. The number of aliphatic hydroxyl groups is 1. The van der Waals surface area contributed by atoms with E-state index < -0.39 is 0 Å². The fourth-order valence-corrected chi connectivity index (χ4v) is 3.79. The number of ether oxygens (including phenoxy) is 1. The lowest BCUT2D eigenvalue weighted by Crippen LogP contribution is -2.36. The number of nitrogens with zero attached hydrogens (tertiary/aromatic N) is 4. The van der Waals surface area contributed by atoms with Gasteiger partial charge in [0, 0.05) is 32.4 Å². The molecule has 24 heavy (non-hydrogen) atoms. The molecule has 7 heteroatoms. The van der Waals surface area contributed by atoms with Crippen LogP contribution in [-0.2, 0) is 11.3 Å². The van der Waals surface area contributed by atoms with Crippen LogP contribution in [0.3, 0.4) is 0 Å². The van der Waals surface area contributed by atoms with Gasteiger partial charge in [-0.1, -0.05) is 25.2 Å². The van der Waals surface area contributed by atoms with Gasteiger partial charge < -0.3 is 19.3 Å². The second kappa shape index (κ2) is 7.63. The lowest BCUT2D eigenvalue weighted by molar-refractivity contribution is 0.122. The average molecular weight is 350 g/mol. The molecule has 1 fully saturated rings. The minimum atomic E-state index is -0.0191. The Hall–Kier alpha value is -1.44. The standard InChI is InChI=1S/C17H26N4O2S/c1-17(2,12-22)4-3-5-21-13-18-10-14(21)15-11-19-16(24-15)20-6-8-23-9-7-20/h10-11,13,22H,3-9,12H2,1-2H3. The first-order valence-electron chi connectivity index (χ1n) is 8.49. The molecule has 1 aliphatic heterocycles. The second-order valence-electron chi connectivity index (χ2n) is 7.00. The Bertz CT molecular complexity index is 647. The number of aromatic nitrogens is 3. The molecule has 1 aliphatic rings. The van der Waals surface area contributed by atoms with Crippen LogP contribution in [0, 0.1) is 5.41 Å². The summed E-state index contributed by atoms with van der Waals surface area (Å²) in [5.41, 5.74) is 1.10. The van der Waals surface area contributed by atoms with E-state index in [1.165, 1.54) is 0 Å². The van der Waals surface area contributed by atoms with Gasteiger partial charge >= 0.3 is 0 Å². The smallest absolute Gasteiger partial charge is 0.186 e. The van der Waals surface area contributed by atoms with E-state index in [-0.39, 0.29) is 12.0 Å². The van der Waals surface area contributed by atoms with Crippen molar-refractivity contribution in [2.24, 2.45) is 5.41 Å². The minimum absolute atomic E-state index is 0.0191. The topological polar surface area (TPSA) is 63.4 Å². The average Bonchev–Trinajstić information content (AvgIpc) is 3.24. The maximum absolute atomic E-state index is 9.37. The van der Waals surface area contributed by atoms with Gasteiger partial charge in [-0.3, -0.25) is 0 Å². The molecule has 0 amide bonds. The van der Waals surface area contributed by atoms with Crippen LogP contribution in [-0.4, -0.2) is 52.6 Å². The Kier molecular flexibility index (Phi) is 5.53. The fraction of sp³-hybridized carbons (Fsp3) is 0.647. The van der Waals surface area contributed by atoms with Crippen LogP contribution in [0.4, 0.5) is 5.13 Å². The van der Waals surface area contributed by atoms with Crippen molar-refractivity contribution in [1.29, 1.82) is 0 Å². The molecule has 0 unspecified atom stereocenters. The van der Waals surface area contributed by atoms with Gasteiger partial charge in [0.05, 0.1) is 36.3 Å². The summed E-state index contributed by atoms with van der Waals surface area (Å²) in [5.74, 6) is 0. The zero-order valence-corrected chi connectivity index (χ0v) is 15.3. The second-order valence-corrected chi connectivity index (χ2v) is 8.01. The minimum Gasteiger partial charge on any atom is -0.396 e. The van der Waals surface area contributed by atoms with Gasteiger partial charge in [0.25, 0.3) is 0 Å². The molecule has 0 atom stereocenters. The number of aliphatic hydroxyl groups excluding tert-OH is 1. The molecule has 0 aliphatic carbocycles. The lowest BCUT2D eigenvalue weighted by Gasteiger charge is -2.25. The third-order valence-electron chi connectivity index (χ3n) is 4.42. The zero-order valence-electron chi connectivity index (χ0n) is 14.4. The van der Waals surface area contributed by atoms with Crippen LogP contribution in [0.1, 0.15) is 26.7 Å². The van der Waals surface area contributed by atoms with Crippen molar-refractivity contribution < 1.29 is 9.84 Å². The van der Waals surface area contributed by atoms with Crippen LogP contribution in [0.15, 0.2) is 18.7 Å². The number of imidazole rings is 1. The van der Waals surface area contributed by atoms with Crippen molar-refractivity contribution in [3.8, 4) is 10.6 Å². The molecular weight excluding hydrogens is 324 g/mol. The summed E-state index contributed by atoms with van der Waals surface area (Å²) in [6.45, 7) is 8.68. The van der Waals surface area contributed by atoms with Gasteiger partial charge in [0.1, 0.15) is 0 Å². The van der Waals surface area contributed by atoms with E-state index in [1.807, 2.05) is 18.7 Å². The summed E-state index contributed by atoms with van der Waals surface area (Å²) in [7, 11) is 0. The fourth-order valence-electron chi connectivity index (χ4n) is 2.80. The molecule has 1 saturated heterocycles. The molecule has 0 aromatic carbocycles. The van der Waals surface area contributed by atoms with Crippen LogP contribution in [0.25, 0.3) is 10.6 Å². The van der Waals surface area contributed by atoms with Gasteiger partial charge in [-0.2, -0.15) is 0 Å². The van der Waals surface area contributed by atoms with E-state index in [0.29, 0.717) is 0 Å². The largest absolute Gasteiger partial charge is 0.396 e. The molecule has 3 heterocycles. The molecule has 2 aromatic heterocycles. The van der Waals surface area contributed by atoms with Crippen molar-refractivity contribution in [3.63, 3.8) is 0 Å². The molecule has 0 radical (unpaired) electrons. The molecule has 0 saturated carbocycles. The number of hydrogen-bond donors (Lipinski definition) is 1. The van der Waals surface area contributed by atoms with Gasteiger partial charge in [0.15, 0.2) is 5.13 Å². The van der Waals surface area contributed by atoms with Crippen molar-refractivity contribution in [2.75, 3.05) is 37.8 Å². The number of thiazole rings is 1. The highest BCUT2D eigenvalue weighted by molar-refractivity contribution is 7.18. The summed E-state index contributed by atoms with van der Waals surface area (Å²) in [4.78, 5) is 12.3. The van der Waals surface area contributed by atoms with Crippen molar-refractivity contribution in [3.05, 3.63) is 18.7 Å². The molecule has 2 aromatic rings. The van der Waals surface area contributed by atoms with Crippen LogP contribution >= 0.6 is 11.3 Å². The van der Waals surface area contributed by atoms with Crippen LogP contribution < -0.4 is 4.90 Å². The lowest BCUT2D eigenvalue weighted by atomic mass is 9.89. The van der Waals surface area contributed by atoms with Gasteiger partial charge in [-0.05, 0) is 18.3 Å². The van der Waals surface area contributed by atoms with E-state index in [4.69, 9.17) is 4.74 Å². The molecule has 3 rings (SSSR count). The summed E-state index contributed by atoms with van der Waals surface area (Å²) in [6, 6.07) is 0. The summed E-state index contributed by atoms with van der Waals surface area (Å²) < 4.78 is 7.59. The number of aryl methyl sites for hydroxylation is 1. The van der Waals surface area contributed by atoms with Crippen molar-refractivity contribution >= 4 is 16.5 Å². The van der Waals surface area contributed by atoms with Gasteiger partial charge in [0.2, 0.25) is 0 Å². The van der Waals surface area contributed by atoms with E-state index in [1.54, 1.807) is 11.3 Å². The Balaban J connectivity index is 1.65. The van der Waals surface area contributed by atoms with Gasteiger partial charge in [-0.15, -0.1) is 0 Å². The van der Waals surface area contributed by atoms with Crippen LogP contribution in [0.2, 0.25) is 0 Å². The number of anilines is 1. The predicted octanol–water partition coefficient (Wildman–Crippen LogP) is 2.64. The number of morpholine rings is 1. The van der Waals surface area contributed by atoms with Crippen molar-refractivity contribution in [2.45, 2.75) is 33.2 Å². The summed E-state index contributed by atoms with van der Waals surface area (Å²) in [6.07, 6.45) is 7.75. The van der Waals surface area contributed by atoms with Crippen LogP contribution in [0.5, 0.6) is 0 Å². The monoisotopic (exact) mass is 350 g/mol. The third kappa shape index (κ3) is 4.15. The number of hydrogen-bond acceptors (Lipinski definition) is 6. The summed E-state index contributed by atoms with van der Waals surface area (Å²) >= 11 is 1.71. The molecular formula is C17H26N4O2S. The predicted molar refractivity (Wildman–Crippen MR) is 96.5 cm³/mol.